The molecule has 0 fully saturated rings. The maximum Gasteiger partial charge on any atom is 0.321 e. The summed E-state index contributed by atoms with van der Waals surface area (Å²) in [5, 5.41) is 3.97. The van der Waals surface area contributed by atoms with Crippen LogP contribution in [0.15, 0.2) is 12.4 Å². The van der Waals surface area contributed by atoms with E-state index in [1.54, 1.807) is 12.2 Å². The maximum absolute atomic E-state index is 11.9. The molecule has 5 heteroatoms. The number of rotatable bonds is 2. The van der Waals surface area contributed by atoms with Crippen molar-refractivity contribution in [2.75, 3.05) is 6.54 Å². The summed E-state index contributed by atoms with van der Waals surface area (Å²) < 4.78 is 11.9. The van der Waals surface area contributed by atoms with Crippen LogP contribution in [-0.2, 0) is 4.79 Å². The number of hydrogen-bond acceptors (Lipinski definition) is 2. The lowest BCUT2D eigenvalue weighted by Gasteiger charge is -2.01. The van der Waals surface area contributed by atoms with Crippen LogP contribution in [0.4, 0.5) is 9.18 Å². The Kier molecular flexibility index (Phi) is 3.87. The maximum atomic E-state index is 11.9. The van der Waals surface area contributed by atoms with Crippen LogP contribution in [0.2, 0.25) is 0 Å². The Morgan fingerprint density at radius 2 is 2.09 bits per heavy atom. The average Bonchev–Trinajstić information content (AvgIpc) is 1.87. The first kappa shape index (κ1) is 9.61. The number of carbonyl (C=O) groups is 2. The summed E-state index contributed by atoms with van der Waals surface area (Å²) in [6, 6.07) is -0.726. The topological polar surface area (TPSA) is 58.2 Å². The zero-order valence-electron chi connectivity index (χ0n) is 6.11. The third kappa shape index (κ3) is 4.07. The zero-order chi connectivity index (χ0) is 8.85. The summed E-state index contributed by atoms with van der Waals surface area (Å²) in [6.07, 6.45) is 0. The molecule has 0 aliphatic carbocycles. The highest BCUT2D eigenvalue weighted by Crippen LogP contribution is 1.88. The molecule has 4 nitrogen and oxygen atoms in total. The van der Waals surface area contributed by atoms with Crippen molar-refractivity contribution in [3.8, 4) is 0 Å². The van der Waals surface area contributed by atoms with Gasteiger partial charge in [-0.2, -0.15) is 0 Å². The standard InChI is InChI=1S/C6H9FN2O2/c1-3-8-6(11)9-5(10)4(2)7/h2-3H2,1H3,(H2,8,9,10,11). The Morgan fingerprint density at radius 3 is 2.45 bits per heavy atom. The van der Waals surface area contributed by atoms with Crippen LogP contribution in [0.25, 0.3) is 0 Å². The van der Waals surface area contributed by atoms with Crippen molar-refractivity contribution in [1.82, 2.24) is 10.6 Å². The predicted molar refractivity (Wildman–Crippen MR) is 37.5 cm³/mol. The van der Waals surface area contributed by atoms with E-state index in [0.29, 0.717) is 6.54 Å². The van der Waals surface area contributed by atoms with Gasteiger partial charge in [-0.05, 0) is 6.92 Å². The molecule has 0 aromatic carbocycles. The van der Waals surface area contributed by atoms with Crippen molar-refractivity contribution < 1.29 is 14.0 Å². The molecule has 0 atom stereocenters. The molecular formula is C6H9FN2O2. The van der Waals surface area contributed by atoms with E-state index in [0.717, 1.165) is 0 Å². The first-order valence-electron chi connectivity index (χ1n) is 3.01. The molecule has 0 aromatic heterocycles. The Hall–Kier alpha value is -1.39. The lowest BCUT2D eigenvalue weighted by molar-refractivity contribution is -0.117. The Labute approximate surface area is 63.5 Å². The van der Waals surface area contributed by atoms with E-state index in [1.165, 1.54) is 0 Å². The molecule has 0 bridgehead atoms. The van der Waals surface area contributed by atoms with Gasteiger partial charge >= 0.3 is 6.03 Å². The van der Waals surface area contributed by atoms with Crippen molar-refractivity contribution in [3.05, 3.63) is 12.4 Å². The number of halogens is 1. The molecule has 2 N–H and O–H groups in total. The van der Waals surface area contributed by atoms with E-state index in [2.05, 4.69) is 11.9 Å². The lowest BCUT2D eigenvalue weighted by Crippen LogP contribution is -2.39. The van der Waals surface area contributed by atoms with Crippen LogP contribution in [-0.4, -0.2) is 18.5 Å². The van der Waals surface area contributed by atoms with Crippen LogP contribution in [0, 0.1) is 0 Å². The summed E-state index contributed by atoms with van der Waals surface area (Å²) in [5.41, 5.74) is 0. The van der Waals surface area contributed by atoms with E-state index in [4.69, 9.17) is 0 Å². The number of nitrogens with one attached hydrogen (secondary N) is 2. The first-order valence-corrected chi connectivity index (χ1v) is 3.01. The highest BCUT2D eigenvalue weighted by molar-refractivity contribution is 6.01. The summed E-state index contributed by atoms with van der Waals surface area (Å²) in [7, 11) is 0. The smallest absolute Gasteiger partial charge is 0.321 e. The molecule has 0 unspecified atom stereocenters. The number of carbonyl (C=O) groups excluding carboxylic acids is 2. The minimum Gasteiger partial charge on any atom is -0.338 e. The summed E-state index contributed by atoms with van der Waals surface area (Å²) in [6.45, 7) is 4.76. The third-order valence-corrected chi connectivity index (χ3v) is 0.811. The normalized spacial score (nSPS) is 8.55. The van der Waals surface area contributed by atoms with E-state index in [1.807, 2.05) is 0 Å². The van der Waals surface area contributed by atoms with Crippen molar-refractivity contribution in [2.45, 2.75) is 6.92 Å². The molecule has 0 saturated heterocycles. The van der Waals surface area contributed by atoms with Crippen LogP contribution < -0.4 is 10.6 Å². The number of amides is 3. The molecule has 0 heterocycles. The van der Waals surface area contributed by atoms with Gasteiger partial charge in [0.2, 0.25) is 0 Å². The van der Waals surface area contributed by atoms with Crippen molar-refractivity contribution in [3.63, 3.8) is 0 Å². The molecule has 0 rings (SSSR count). The van der Waals surface area contributed by atoms with Gasteiger partial charge in [0, 0.05) is 6.54 Å². The van der Waals surface area contributed by atoms with E-state index in [9.17, 15) is 14.0 Å². The molecule has 62 valence electrons. The van der Waals surface area contributed by atoms with Crippen molar-refractivity contribution >= 4 is 11.9 Å². The highest BCUT2D eigenvalue weighted by atomic mass is 19.1. The Morgan fingerprint density at radius 1 is 1.55 bits per heavy atom. The van der Waals surface area contributed by atoms with Gasteiger partial charge in [-0.3, -0.25) is 10.1 Å². The number of urea groups is 1. The predicted octanol–water partition coefficient (Wildman–Crippen LogP) is 0.315. The molecule has 0 radical (unpaired) electrons. The van der Waals surface area contributed by atoms with Gasteiger partial charge in [0.25, 0.3) is 5.91 Å². The van der Waals surface area contributed by atoms with Gasteiger partial charge in [0.05, 0.1) is 0 Å². The summed E-state index contributed by atoms with van der Waals surface area (Å²) in [4.78, 5) is 20.9. The van der Waals surface area contributed by atoms with Crippen LogP contribution in [0.5, 0.6) is 0 Å². The van der Waals surface area contributed by atoms with Gasteiger partial charge in [0.1, 0.15) is 0 Å². The molecule has 0 aliphatic rings. The average molecular weight is 160 g/mol. The molecule has 0 spiro atoms. The van der Waals surface area contributed by atoms with Crippen LogP contribution in [0.1, 0.15) is 6.92 Å². The molecule has 0 aliphatic heterocycles. The summed E-state index contributed by atoms with van der Waals surface area (Å²) >= 11 is 0. The van der Waals surface area contributed by atoms with Crippen molar-refractivity contribution in [1.29, 1.82) is 0 Å². The SMILES string of the molecule is C=C(F)C(=O)NC(=O)NCC. The van der Waals surface area contributed by atoms with Crippen LogP contribution in [0.3, 0.4) is 0 Å². The van der Waals surface area contributed by atoms with Crippen molar-refractivity contribution in [2.24, 2.45) is 0 Å². The highest BCUT2D eigenvalue weighted by Gasteiger charge is 2.08. The molecule has 0 aromatic rings. The fourth-order valence-corrected chi connectivity index (χ4v) is 0.376. The monoisotopic (exact) mass is 160 g/mol. The summed E-state index contributed by atoms with van der Waals surface area (Å²) in [5.74, 6) is -2.30. The second-order valence-corrected chi connectivity index (χ2v) is 1.72. The minimum atomic E-state index is -1.18. The van der Waals surface area contributed by atoms with E-state index >= 15 is 0 Å². The van der Waals surface area contributed by atoms with Gasteiger partial charge in [-0.15, -0.1) is 0 Å². The Bertz CT molecular complexity index is 191. The Balaban J connectivity index is 3.76. The third-order valence-electron chi connectivity index (χ3n) is 0.811. The fraction of sp³-hybridized carbons (Fsp3) is 0.333. The zero-order valence-corrected chi connectivity index (χ0v) is 6.11. The quantitative estimate of drug-likeness (QED) is 0.571. The molecule has 11 heavy (non-hydrogen) atoms. The minimum absolute atomic E-state index is 0.373. The van der Waals surface area contributed by atoms with Gasteiger partial charge < -0.3 is 5.32 Å². The van der Waals surface area contributed by atoms with E-state index in [-0.39, 0.29) is 0 Å². The number of imide groups is 1. The second-order valence-electron chi connectivity index (χ2n) is 1.72. The number of hydrogen-bond donors (Lipinski definition) is 2. The second kappa shape index (κ2) is 4.43. The molecular weight excluding hydrogens is 151 g/mol. The van der Waals surface area contributed by atoms with E-state index < -0.39 is 17.8 Å². The molecule has 0 saturated carbocycles. The lowest BCUT2D eigenvalue weighted by atomic mass is 10.5. The van der Waals surface area contributed by atoms with Gasteiger partial charge in [-0.25, -0.2) is 9.18 Å². The van der Waals surface area contributed by atoms with Crippen LogP contribution >= 0.6 is 0 Å². The largest absolute Gasteiger partial charge is 0.338 e. The fourth-order valence-electron chi connectivity index (χ4n) is 0.376. The molecule has 3 amide bonds. The van der Waals surface area contributed by atoms with Gasteiger partial charge in [0.15, 0.2) is 5.83 Å². The first-order chi connectivity index (χ1) is 5.07. The van der Waals surface area contributed by atoms with Gasteiger partial charge in [-0.1, -0.05) is 6.58 Å².